The Labute approximate surface area is 141 Å². The number of aryl methyl sites for hydroxylation is 1. The minimum Gasteiger partial charge on any atom is -0.550 e. The molecular formula is C20H33NO2. The molecule has 1 rings (SSSR count). The quantitative estimate of drug-likeness (QED) is 0.364. The Hall–Kier alpha value is -1.38. The summed E-state index contributed by atoms with van der Waals surface area (Å²) in [5.41, 5.74) is 0. The van der Waals surface area contributed by atoms with E-state index in [0.717, 1.165) is 19.4 Å². The van der Waals surface area contributed by atoms with Crippen molar-refractivity contribution >= 4 is 5.97 Å². The zero-order chi connectivity index (χ0) is 16.6. The lowest BCUT2D eigenvalue weighted by molar-refractivity contribution is -0.697. The zero-order valence-electron chi connectivity index (χ0n) is 14.5. The van der Waals surface area contributed by atoms with Crippen LogP contribution in [0, 0.1) is 0 Å². The van der Waals surface area contributed by atoms with Crippen molar-refractivity contribution in [1.82, 2.24) is 0 Å². The van der Waals surface area contributed by atoms with Gasteiger partial charge in [-0.1, -0.05) is 63.9 Å². The van der Waals surface area contributed by atoms with Gasteiger partial charge in [-0.15, -0.1) is 0 Å². The maximum atomic E-state index is 10.3. The topological polar surface area (TPSA) is 44.0 Å². The third kappa shape index (κ3) is 12.8. The predicted octanol–water partition coefficient (Wildman–Crippen LogP) is 3.80. The lowest BCUT2D eigenvalue weighted by atomic mass is 10.0. The first-order valence-electron chi connectivity index (χ1n) is 9.43. The average molecular weight is 319 g/mol. The van der Waals surface area contributed by atoms with Crippen LogP contribution in [0.1, 0.15) is 83.5 Å². The van der Waals surface area contributed by atoms with Gasteiger partial charge in [0.1, 0.15) is 6.54 Å². The second-order valence-corrected chi connectivity index (χ2v) is 6.48. The van der Waals surface area contributed by atoms with Gasteiger partial charge in [0.2, 0.25) is 0 Å². The number of aliphatic carboxylic acids is 1. The smallest absolute Gasteiger partial charge is 0.168 e. The summed E-state index contributed by atoms with van der Waals surface area (Å²) in [6.07, 6.45) is 19.4. The molecule has 0 atom stereocenters. The molecule has 130 valence electrons. The number of hydrogen-bond acceptors (Lipinski definition) is 2. The van der Waals surface area contributed by atoms with Crippen LogP contribution in [0.2, 0.25) is 0 Å². The lowest BCUT2D eigenvalue weighted by Gasteiger charge is -2.03. The van der Waals surface area contributed by atoms with Crippen molar-refractivity contribution in [3.63, 3.8) is 0 Å². The van der Waals surface area contributed by atoms with Gasteiger partial charge in [-0.3, -0.25) is 0 Å². The highest BCUT2D eigenvalue weighted by molar-refractivity contribution is 5.63. The van der Waals surface area contributed by atoms with Crippen LogP contribution in [0.4, 0.5) is 0 Å². The van der Waals surface area contributed by atoms with Crippen LogP contribution in [0.5, 0.6) is 0 Å². The van der Waals surface area contributed by atoms with Gasteiger partial charge in [0.25, 0.3) is 0 Å². The number of carbonyl (C=O) groups is 1. The minimum atomic E-state index is -0.910. The number of hydrogen-bond donors (Lipinski definition) is 0. The molecule has 23 heavy (non-hydrogen) atoms. The highest BCUT2D eigenvalue weighted by Gasteiger charge is 1.98. The zero-order valence-corrected chi connectivity index (χ0v) is 14.5. The van der Waals surface area contributed by atoms with Crippen molar-refractivity contribution in [2.75, 3.05) is 0 Å². The fraction of sp³-hybridized carbons (Fsp3) is 0.700. The number of nitrogens with zero attached hydrogens (tertiary/aromatic N) is 1. The first-order valence-corrected chi connectivity index (χ1v) is 9.43. The van der Waals surface area contributed by atoms with Gasteiger partial charge < -0.3 is 9.90 Å². The Morgan fingerprint density at radius 2 is 1.09 bits per heavy atom. The van der Waals surface area contributed by atoms with Crippen molar-refractivity contribution in [2.45, 2.75) is 90.0 Å². The molecule has 3 nitrogen and oxygen atoms in total. The molecule has 0 aliphatic heterocycles. The van der Waals surface area contributed by atoms with Crippen LogP contribution in [-0.2, 0) is 11.3 Å². The first kappa shape index (κ1) is 19.7. The van der Waals surface area contributed by atoms with E-state index in [1.165, 1.54) is 64.2 Å². The summed E-state index contributed by atoms with van der Waals surface area (Å²) in [6, 6.07) is 6.23. The van der Waals surface area contributed by atoms with Crippen molar-refractivity contribution in [3.8, 4) is 0 Å². The number of rotatable bonds is 15. The van der Waals surface area contributed by atoms with Gasteiger partial charge in [0, 0.05) is 24.5 Å². The summed E-state index contributed by atoms with van der Waals surface area (Å²) in [4.78, 5) is 10.3. The van der Waals surface area contributed by atoms with Crippen LogP contribution >= 0.6 is 0 Å². The van der Waals surface area contributed by atoms with Crippen molar-refractivity contribution in [3.05, 3.63) is 30.6 Å². The second-order valence-electron chi connectivity index (χ2n) is 6.48. The van der Waals surface area contributed by atoms with E-state index < -0.39 is 5.97 Å². The van der Waals surface area contributed by atoms with E-state index in [4.69, 9.17) is 0 Å². The molecule has 0 fully saturated rings. The molecule has 3 heteroatoms. The SMILES string of the molecule is O=C([O-])CCCCCCCCCCCCCC[n+]1ccccc1. The van der Waals surface area contributed by atoms with E-state index in [1.807, 2.05) is 0 Å². The number of aromatic nitrogens is 1. The number of pyridine rings is 1. The highest BCUT2D eigenvalue weighted by atomic mass is 16.4. The van der Waals surface area contributed by atoms with Crippen molar-refractivity contribution < 1.29 is 14.5 Å². The molecule has 0 bridgehead atoms. The molecule has 0 N–H and O–H groups in total. The molecule has 0 aliphatic carbocycles. The molecule has 1 heterocycles. The molecule has 0 unspecified atom stereocenters. The van der Waals surface area contributed by atoms with E-state index in [-0.39, 0.29) is 6.42 Å². The summed E-state index contributed by atoms with van der Waals surface area (Å²) >= 11 is 0. The normalized spacial score (nSPS) is 10.8. The van der Waals surface area contributed by atoms with Crippen molar-refractivity contribution in [2.24, 2.45) is 0 Å². The maximum Gasteiger partial charge on any atom is 0.168 e. The fourth-order valence-corrected chi connectivity index (χ4v) is 2.91. The van der Waals surface area contributed by atoms with E-state index in [0.29, 0.717) is 0 Å². The van der Waals surface area contributed by atoms with Crippen LogP contribution in [0.3, 0.4) is 0 Å². The summed E-state index contributed by atoms with van der Waals surface area (Å²) in [5, 5.41) is 10.3. The van der Waals surface area contributed by atoms with E-state index in [2.05, 4.69) is 35.2 Å². The standard InChI is InChI=1S/C20H33NO2/c22-20(23)16-12-9-7-5-3-1-2-4-6-8-10-13-17-21-18-14-11-15-19-21/h11,14-15,18-19H,1-10,12-13,16-17H2. The Morgan fingerprint density at radius 1 is 0.652 bits per heavy atom. The first-order chi connectivity index (χ1) is 11.3. The molecular weight excluding hydrogens is 286 g/mol. The number of carboxylic acids is 1. The predicted molar refractivity (Wildman–Crippen MR) is 91.7 cm³/mol. The average Bonchev–Trinajstić information content (AvgIpc) is 2.56. The van der Waals surface area contributed by atoms with Crippen LogP contribution in [-0.4, -0.2) is 5.97 Å². The molecule has 0 radical (unpaired) electrons. The lowest BCUT2D eigenvalue weighted by Crippen LogP contribution is -2.32. The van der Waals surface area contributed by atoms with E-state index >= 15 is 0 Å². The van der Waals surface area contributed by atoms with Crippen LogP contribution in [0.15, 0.2) is 30.6 Å². The number of unbranched alkanes of at least 4 members (excludes halogenated alkanes) is 11. The Kier molecular flexibility index (Phi) is 12.2. The minimum absolute atomic E-state index is 0.225. The number of carboxylic acid groups (broad SMARTS) is 1. The molecule has 0 spiro atoms. The van der Waals surface area contributed by atoms with Gasteiger partial charge in [-0.25, -0.2) is 4.57 Å². The molecule has 1 aromatic rings. The van der Waals surface area contributed by atoms with Crippen LogP contribution in [0.25, 0.3) is 0 Å². The van der Waals surface area contributed by atoms with Crippen molar-refractivity contribution in [1.29, 1.82) is 0 Å². The summed E-state index contributed by atoms with van der Waals surface area (Å²) in [6.45, 7) is 1.14. The van der Waals surface area contributed by atoms with E-state index in [9.17, 15) is 9.90 Å². The van der Waals surface area contributed by atoms with E-state index in [1.54, 1.807) is 0 Å². The molecule has 0 aromatic carbocycles. The molecule has 0 amide bonds. The van der Waals surface area contributed by atoms with Crippen LogP contribution < -0.4 is 9.67 Å². The third-order valence-corrected chi connectivity index (χ3v) is 4.32. The van der Waals surface area contributed by atoms with Gasteiger partial charge in [-0.05, 0) is 19.3 Å². The Bertz CT molecular complexity index is 392. The summed E-state index contributed by atoms with van der Waals surface area (Å²) < 4.78 is 2.26. The number of carbonyl (C=O) groups excluding carboxylic acids is 1. The van der Waals surface area contributed by atoms with Gasteiger partial charge in [0.05, 0.1) is 0 Å². The highest BCUT2D eigenvalue weighted by Crippen LogP contribution is 2.12. The second kappa shape index (κ2) is 14.2. The van der Waals surface area contributed by atoms with Gasteiger partial charge in [-0.2, -0.15) is 0 Å². The molecule has 0 saturated heterocycles. The monoisotopic (exact) mass is 319 g/mol. The third-order valence-electron chi connectivity index (χ3n) is 4.32. The fourth-order valence-electron chi connectivity index (χ4n) is 2.91. The summed E-state index contributed by atoms with van der Waals surface area (Å²) in [5.74, 6) is -0.910. The molecule has 0 saturated carbocycles. The van der Waals surface area contributed by atoms with Gasteiger partial charge >= 0.3 is 0 Å². The molecule has 1 aromatic heterocycles. The summed E-state index contributed by atoms with van der Waals surface area (Å²) in [7, 11) is 0. The van der Waals surface area contributed by atoms with Gasteiger partial charge in [0.15, 0.2) is 12.4 Å². The molecule has 0 aliphatic rings. The Morgan fingerprint density at radius 3 is 1.57 bits per heavy atom. The maximum absolute atomic E-state index is 10.3. The Balaban J connectivity index is 1.74. The largest absolute Gasteiger partial charge is 0.550 e.